The first-order chi connectivity index (χ1) is 8.52. The van der Waals surface area contributed by atoms with E-state index in [1.807, 2.05) is 0 Å². The average Bonchev–Trinajstić information content (AvgIpc) is 2.55. The predicted octanol–water partition coefficient (Wildman–Crippen LogP) is 1.56. The molecule has 0 aromatic heterocycles. The number of aliphatic carboxylic acids is 1. The van der Waals surface area contributed by atoms with Gasteiger partial charge in [0, 0.05) is 6.42 Å². The zero-order valence-corrected chi connectivity index (χ0v) is 10.6. The Morgan fingerprint density at radius 3 is 2.44 bits per heavy atom. The molecule has 18 heavy (non-hydrogen) atoms. The van der Waals surface area contributed by atoms with E-state index in [1.54, 1.807) is 6.92 Å². The highest BCUT2D eigenvalue weighted by atomic mass is 16.4. The monoisotopic (exact) mass is 253 g/mol. The zero-order chi connectivity index (χ0) is 13.3. The lowest BCUT2D eigenvalue weighted by Gasteiger charge is -2.31. The van der Waals surface area contributed by atoms with Crippen molar-refractivity contribution in [2.24, 2.45) is 5.41 Å². The van der Waals surface area contributed by atoms with Crippen LogP contribution in [-0.4, -0.2) is 33.8 Å². The van der Waals surface area contributed by atoms with Gasteiger partial charge < -0.3 is 5.11 Å². The van der Waals surface area contributed by atoms with Crippen molar-refractivity contribution in [3.05, 3.63) is 0 Å². The molecular weight excluding hydrogens is 234 g/mol. The van der Waals surface area contributed by atoms with Gasteiger partial charge in [0.15, 0.2) is 0 Å². The number of imide groups is 1. The van der Waals surface area contributed by atoms with Crippen molar-refractivity contribution in [3.63, 3.8) is 0 Å². The van der Waals surface area contributed by atoms with Crippen LogP contribution in [0.25, 0.3) is 0 Å². The summed E-state index contributed by atoms with van der Waals surface area (Å²) in [6.07, 6.45) is 4.93. The molecule has 5 nitrogen and oxygen atoms in total. The minimum Gasteiger partial charge on any atom is -0.480 e. The summed E-state index contributed by atoms with van der Waals surface area (Å²) in [6, 6.07) is -0.994. The SMILES string of the molecule is CCC(C(=O)O)N1C(=O)CC2(CCCCC2)C1=O. The van der Waals surface area contributed by atoms with Crippen molar-refractivity contribution >= 4 is 17.8 Å². The van der Waals surface area contributed by atoms with E-state index in [9.17, 15) is 14.4 Å². The second-order valence-electron chi connectivity index (χ2n) is 5.35. The van der Waals surface area contributed by atoms with Crippen LogP contribution >= 0.6 is 0 Å². The van der Waals surface area contributed by atoms with Crippen LogP contribution in [0.2, 0.25) is 0 Å². The molecule has 1 aliphatic heterocycles. The van der Waals surface area contributed by atoms with Crippen LogP contribution in [0.1, 0.15) is 51.9 Å². The van der Waals surface area contributed by atoms with Gasteiger partial charge in [-0.05, 0) is 19.3 Å². The van der Waals surface area contributed by atoms with E-state index in [2.05, 4.69) is 0 Å². The Morgan fingerprint density at radius 1 is 1.33 bits per heavy atom. The maximum absolute atomic E-state index is 12.4. The van der Waals surface area contributed by atoms with Crippen molar-refractivity contribution in [1.82, 2.24) is 4.90 Å². The zero-order valence-electron chi connectivity index (χ0n) is 10.6. The van der Waals surface area contributed by atoms with Crippen molar-refractivity contribution in [2.75, 3.05) is 0 Å². The van der Waals surface area contributed by atoms with Crippen LogP contribution in [0.5, 0.6) is 0 Å². The molecule has 0 radical (unpaired) electrons. The van der Waals surface area contributed by atoms with E-state index in [0.717, 1.165) is 37.0 Å². The Labute approximate surface area is 106 Å². The molecule has 1 saturated carbocycles. The van der Waals surface area contributed by atoms with Crippen molar-refractivity contribution in [2.45, 2.75) is 57.9 Å². The van der Waals surface area contributed by atoms with Crippen molar-refractivity contribution < 1.29 is 19.5 Å². The lowest BCUT2D eigenvalue weighted by Crippen LogP contribution is -2.46. The minimum atomic E-state index is -1.09. The number of hydrogen-bond acceptors (Lipinski definition) is 3. The number of carboxylic acids is 1. The molecule has 100 valence electrons. The molecule has 2 fully saturated rings. The second-order valence-corrected chi connectivity index (χ2v) is 5.35. The van der Waals surface area contributed by atoms with Gasteiger partial charge in [-0.15, -0.1) is 0 Å². The Balaban J connectivity index is 2.26. The molecule has 1 saturated heterocycles. The molecule has 1 spiro atoms. The number of carbonyl (C=O) groups excluding carboxylic acids is 2. The lowest BCUT2D eigenvalue weighted by atomic mass is 9.73. The number of likely N-dealkylation sites (tertiary alicyclic amines) is 1. The van der Waals surface area contributed by atoms with E-state index in [-0.39, 0.29) is 24.7 Å². The number of rotatable bonds is 3. The van der Waals surface area contributed by atoms with Gasteiger partial charge in [0.2, 0.25) is 11.8 Å². The number of carbonyl (C=O) groups is 3. The summed E-state index contributed by atoms with van der Waals surface area (Å²) in [6.45, 7) is 1.69. The fourth-order valence-corrected chi connectivity index (χ4v) is 3.22. The molecule has 0 bridgehead atoms. The predicted molar refractivity (Wildman–Crippen MR) is 63.7 cm³/mol. The van der Waals surface area contributed by atoms with Crippen LogP contribution < -0.4 is 0 Å². The normalized spacial score (nSPS) is 24.6. The first kappa shape index (κ1) is 13.1. The van der Waals surface area contributed by atoms with E-state index in [0.29, 0.717) is 0 Å². The summed E-state index contributed by atoms with van der Waals surface area (Å²) in [7, 11) is 0. The fraction of sp³-hybridized carbons (Fsp3) is 0.769. The van der Waals surface area contributed by atoms with Gasteiger partial charge in [-0.1, -0.05) is 26.2 Å². The Bertz CT molecular complexity index is 384. The van der Waals surface area contributed by atoms with E-state index in [1.165, 1.54) is 0 Å². The highest BCUT2D eigenvalue weighted by molar-refractivity contribution is 6.08. The van der Waals surface area contributed by atoms with Crippen LogP contribution in [0.3, 0.4) is 0 Å². The number of hydrogen-bond donors (Lipinski definition) is 1. The number of amides is 2. The smallest absolute Gasteiger partial charge is 0.326 e. The Hall–Kier alpha value is -1.39. The maximum Gasteiger partial charge on any atom is 0.326 e. The second kappa shape index (κ2) is 4.71. The summed E-state index contributed by atoms with van der Waals surface area (Å²) in [5.74, 6) is -1.65. The van der Waals surface area contributed by atoms with Gasteiger partial charge in [-0.3, -0.25) is 14.5 Å². The fourth-order valence-electron chi connectivity index (χ4n) is 3.22. The topological polar surface area (TPSA) is 74.7 Å². The molecule has 1 atom stereocenters. The quantitative estimate of drug-likeness (QED) is 0.774. The summed E-state index contributed by atoms with van der Waals surface area (Å²) in [5, 5.41) is 9.11. The molecule has 2 aliphatic rings. The van der Waals surface area contributed by atoms with Crippen LogP contribution in [0.15, 0.2) is 0 Å². The molecule has 1 aliphatic carbocycles. The molecule has 1 N–H and O–H groups in total. The number of nitrogens with zero attached hydrogens (tertiary/aromatic N) is 1. The first-order valence-corrected chi connectivity index (χ1v) is 6.61. The Morgan fingerprint density at radius 2 is 1.94 bits per heavy atom. The highest BCUT2D eigenvalue weighted by Gasteiger charge is 2.54. The summed E-state index contributed by atoms with van der Waals surface area (Å²) >= 11 is 0. The summed E-state index contributed by atoms with van der Waals surface area (Å²) < 4.78 is 0. The van der Waals surface area contributed by atoms with E-state index >= 15 is 0 Å². The van der Waals surface area contributed by atoms with Gasteiger partial charge in [-0.2, -0.15) is 0 Å². The van der Waals surface area contributed by atoms with Crippen LogP contribution in [-0.2, 0) is 14.4 Å². The molecule has 0 aromatic rings. The van der Waals surface area contributed by atoms with Crippen molar-refractivity contribution in [3.8, 4) is 0 Å². The third-order valence-electron chi connectivity index (χ3n) is 4.22. The first-order valence-electron chi connectivity index (χ1n) is 6.61. The molecule has 0 aromatic carbocycles. The maximum atomic E-state index is 12.4. The van der Waals surface area contributed by atoms with Crippen molar-refractivity contribution in [1.29, 1.82) is 0 Å². The Kier molecular flexibility index (Phi) is 3.41. The van der Waals surface area contributed by atoms with Gasteiger partial charge >= 0.3 is 5.97 Å². The molecule has 5 heteroatoms. The third-order valence-corrected chi connectivity index (χ3v) is 4.22. The van der Waals surface area contributed by atoms with E-state index in [4.69, 9.17) is 5.11 Å². The van der Waals surface area contributed by atoms with Gasteiger partial charge in [0.1, 0.15) is 6.04 Å². The third kappa shape index (κ3) is 1.91. The average molecular weight is 253 g/mol. The van der Waals surface area contributed by atoms with Gasteiger partial charge in [-0.25, -0.2) is 4.79 Å². The molecule has 1 unspecified atom stereocenters. The van der Waals surface area contributed by atoms with E-state index < -0.39 is 17.4 Å². The lowest BCUT2D eigenvalue weighted by molar-refractivity contribution is -0.156. The molecule has 2 amide bonds. The standard InChI is InChI=1S/C13H19NO4/c1-2-9(11(16)17)14-10(15)8-13(12(14)18)6-4-3-5-7-13/h9H,2-8H2,1H3,(H,16,17). The van der Waals surface area contributed by atoms with Crippen LogP contribution in [0.4, 0.5) is 0 Å². The van der Waals surface area contributed by atoms with Gasteiger partial charge in [0.05, 0.1) is 5.41 Å². The molecular formula is C13H19NO4. The minimum absolute atomic E-state index is 0.204. The van der Waals surface area contributed by atoms with Crippen LogP contribution in [0, 0.1) is 5.41 Å². The largest absolute Gasteiger partial charge is 0.480 e. The molecule has 1 heterocycles. The van der Waals surface area contributed by atoms with Gasteiger partial charge in [0.25, 0.3) is 0 Å². The number of carboxylic acid groups (broad SMARTS) is 1. The highest BCUT2D eigenvalue weighted by Crippen LogP contribution is 2.46. The molecule has 2 rings (SSSR count). The summed E-state index contributed by atoms with van der Waals surface area (Å²) in [4.78, 5) is 36.6. The summed E-state index contributed by atoms with van der Waals surface area (Å²) in [5.41, 5.74) is -0.585.